The first kappa shape index (κ1) is 6.34. The Labute approximate surface area is 44.0 Å². The molecule has 0 aliphatic rings. The van der Waals surface area contributed by atoms with Crippen molar-refractivity contribution in [3.63, 3.8) is 0 Å². The van der Waals surface area contributed by atoms with Gasteiger partial charge in [0.25, 0.3) is 0 Å². The predicted molar refractivity (Wildman–Crippen MR) is 30.2 cm³/mol. The first-order valence-corrected chi connectivity index (χ1v) is 2.30. The van der Waals surface area contributed by atoms with Crippen LogP contribution < -0.4 is 0 Å². The molecule has 0 N–H and O–H groups in total. The van der Waals surface area contributed by atoms with Crippen LogP contribution in [-0.4, -0.2) is 6.54 Å². The van der Waals surface area contributed by atoms with Crippen LogP contribution in [-0.2, 0) is 0 Å². The molecule has 0 saturated carbocycles. The fourth-order valence-electron chi connectivity index (χ4n) is 0.191. The first-order valence-electron chi connectivity index (χ1n) is 2.30. The van der Waals surface area contributed by atoms with Crippen LogP contribution in [0.3, 0.4) is 0 Å². The van der Waals surface area contributed by atoms with E-state index in [0.717, 1.165) is 12.2 Å². The van der Waals surface area contributed by atoms with E-state index in [-0.39, 0.29) is 0 Å². The third-order valence-electron chi connectivity index (χ3n) is 0.383. The van der Waals surface area contributed by atoms with Gasteiger partial charge >= 0.3 is 0 Å². The van der Waals surface area contributed by atoms with E-state index < -0.39 is 0 Å². The molecular formula is C5H10N2. The van der Waals surface area contributed by atoms with Crippen LogP contribution in [0, 0.1) is 0 Å². The van der Waals surface area contributed by atoms with Gasteiger partial charge in [0, 0.05) is 0 Å². The molecule has 0 fully saturated rings. The standard InChI is InChI=1S/C5H10N2/c1-4-6-7-5(2)3/h2,4H2,1,3H3. The molecule has 0 bridgehead atoms. The molecule has 0 aromatic rings. The minimum absolute atomic E-state index is 0.743. The molecular weight excluding hydrogens is 88.1 g/mol. The van der Waals surface area contributed by atoms with E-state index in [2.05, 4.69) is 16.8 Å². The van der Waals surface area contributed by atoms with Crippen LogP contribution in [0.2, 0.25) is 0 Å². The molecule has 40 valence electrons. The topological polar surface area (TPSA) is 24.7 Å². The minimum atomic E-state index is 0.743. The van der Waals surface area contributed by atoms with E-state index in [4.69, 9.17) is 0 Å². The number of azo groups is 1. The van der Waals surface area contributed by atoms with Gasteiger partial charge in [-0.25, -0.2) is 0 Å². The second-order valence-electron chi connectivity index (χ2n) is 1.29. The molecule has 0 spiro atoms. The summed E-state index contributed by atoms with van der Waals surface area (Å²) in [7, 11) is 0. The zero-order valence-electron chi connectivity index (χ0n) is 4.81. The molecule has 0 aliphatic heterocycles. The summed E-state index contributed by atoms with van der Waals surface area (Å²) in [6, 6.07) is 0. The van der Waals surface area contributed by atoms with E-state index in [9.17, 15) is 0 Å². The molecule has 2 heteroatoms. The Balaban J connectivity index is 3.26. The summed E-state index contributed by atoms with van der Waals surface area (Å²) in [6.45, 7) is 8.03. The molecule has 0 aliphatic carbocycles. The Hall–Kier alpha value is -0.660. The van der Waals surface area contributed by atoms with Crippen molar-refractivity contribution in [2.45, 2.75) is 13.8 Å². The van der Waals surface area contributed by atoms with Crippen LogP contribution in [0.5, 0.6) is 0 Å². The van der Waals surface area contributed by atoms with Gasteiger partial charge in [0.05, 0.1) is 12.2 Å². The Morgan fingerprint density at radius 2 is 2.29 bits per heavy atom. The maximum atomic E-state index is 3.70. The van der Waals surface area contributed by atoms with Crippen molar-refractivity contribution in [2.75, 3.05) is 6.54 Å². The van der Waals surface area contributed by atoms with Gasteiger partial charge in [-0.2, -0.15) is 10.2 Å². The lowest BCUT2D eigenvalue weighted by atomic mass is 10.6. The Bertz CT molecular complexity index is 84.1. The van der Waals surface area contributed by atoms with Crippen LogP contribution in [0.15, 0.2) is 22.5 Å². The SMILES string of the molecule is C=C(C)N=NCC. The normalized spacial score (nSPS) is 10.0. The van der Waals surface area contributed by atoms with Crippen LogP contribution in [0.1, 0.15) is 13.8 Å². The average Bonchev–Trinajstić information content (AvgIpc) is 1.61. The van der Waals surface area contributed by atoms with E-state index in [1.165, 1.54) is 0 Å². The van der Waals surface area contributed by atoms with Crippen molar-refractivity contribution < 1.29 is 0 Å². The van der Waals surface area contributed by atoms with Crippen molar-refractivity contribution in [1.29, 1.82) is 0 Å². The molecule has 0 amide bonds. The second-order valence-corrected chi connectivity index (χ2v) is 1.29. The maximum absolute atomic E-state index is 3.70. The minimum Gasteiger partial charge on any atom is -0.189 e. The molecule has 2 nitrogen and oxygen atoms in total. The van der Waals surface area contributed by atoms with E-state index in [0.29, 0.717) is 0 Å². The monoisotopic (exact) mass is 98.1 g/mol. The van der Waals surface area contributed by atoms with Crippen LogP contribution >= 0.6 is 0 Å². The molecule has 0 saturated heterocycles. The molecule has 0 aromatic carbocycles. The number of allylic oxidation sites excluding steroid dienone is 1. The fraction of sp³-hybridized carbons (Fsp3) is 0.600. The molecule has 0 unspecified atom stereocenters. The highest BCUT2D eigenvalue weighted by molar-refractivity contribution is 4.81. The van der Waals surface area contributed by atoms with E-state index in [1.807, 2.05) is 13.8 Å². The summed E-state index contributed by atoms with van der Waals surface area (Å²) in [5.41, 5.74) is 0.766. The van der Waals surface area contributed by atoms with Gasteiger partial charge in [-0.05, 0) is 13.8 Å². The van der Waals surface area contributed by atoms with Gasteiger partial charge in [0.2, 0.25) is 0 Å². The van der Waals surface area contributed by atoms with Crippen molar-refractivity contribution in [3.05, 3.63) is 12.3 Å². The summed E-state index contributed by atoms with van der Waals surface area (Å²) < 4.78 is 0. The third-order valence-corrected chi connectivity index (χ3v) is 0.383. The third kappa shape index (κ3) is 5.34. The number of nitrogens with zero attached hydrogens (tertiary/aromatic N) is 2. The highest BCUT2D eigenvalue weighted by Crippen LogP contribution is 1.87. The Kier molecular flexibility index (Phi) is 3.19. The summed E-state index contributed by atoms with van der Waals surface area (Å²) in [4.78, 5) is 0. The zero-order valence-corrected chi connectivity index (χ0v) is 4.81. The lowest BCUT2D eigenvalue weighted by Gasteiger charge is -1.79. The summed E-state index contributed by atoms with van der Waals surface area (Å²) >= 11 is 0. The first-order chi connectivity index (χ1) is 3.27. The molecule has 0 aromatic heterocycles. The van der Waals surface area contributed by atoms with Crippen molar-refractivity contribution >= 4 is 0 Å². The molecule has 0 rings (SSSR count). The number of hydrogen-bond acceptors (Lipinski definition) is 2. The van der Waals surface area contributed by atoms with Gasteiger partial charge in [-0.15, -0.1) is 0 Å². The average molecular weight is 98.1 g/mol. The van der Waals surface area contributed by atoms with Crippen molar-refractivity contribution in [1.82, 2.24) is 0 Å². The van der Waals surface area contributed by atoms with Crippen molar-refractivity contribution in [3.8, 4) is 0 Å². The number of hydrogen-bond donors (Lipinski definition) is 0. The highest BCUT2D eigenvalue weighted by Gasteiger charge is 1.69. The smallest absolute Gasteiger partial charge is 0.0575 e. The summed E-state index contributed by atoms with van der Waals surface area (Å²) in [6.07, 6.45) is 0. The van der Waals surface area contributed by atoms with Gasteiger partial charge in [-0.1, -0.05) is 6.58 Å². The quantitative estimate of drug-likeness (QED) is 0.472. The molecule has 0 heterocycles. The van der Waals surface area contributed by atoms with E-state index >= 15 is 0 Å². The lowest BCUT2D eigenvalue weighted by molar-refractivity contribution is 0.970. The Morgan fingerprint density at radius 3 is 2.43 bits per heavy atom. The largest absolute Gasteiger partial charge is 0.189 e. The molecule has 7 heavy (non-hydrogen) atoms. The summed E-state index contributed by atoms with van der Waals surface area (Å²) in [5.74, 6) is 0. The maximum Gasteiger partial charge on any atom is 0.0575 e. The van der Waals surface area contributed by atoms with Crippen LogP contribution in [0.4, 0.5) is 0 Å². The van der Waals surface area contributed by atoms with Crippen molar-refractivity contribution in [2.24, 2.45) is 10.2 Å². The van der Waals surface area contributed by atoms with Gasteiger partial charge in [0.15, 0.2) is 0 Å². The Morgan fingerprint density at radius 1 is 1.71 bits per heavy atom. The molecule has 0 radical (unpaired) electrons. The van der Waals surface area contributed by atoms with Crippen LogP contribution in [0.25, 0.3) is 0 Å². The summed E-state index contributed by atoms with van der Waals surface area (Å²) in [5, 5.41) is 7.37. The van der Waals surface area contributed by atoms with Gasteiger partial charge in [-0.3, -0.25) is 0 Å². The van der Waals surface area contributed by atoms with E-state index in [1.54, 1.807) is 0 Å². The lowest BCUT2D eigenvalue weighted by Crippen LogP contribution is -1.63. The fourth-order valence-corrected chi connectivity index (χ4v) is 0.191. The molecule has 0 atom stereocenters. The van der Waals surface area contributed by atoms with Gasteiger partial charge in [0.1, 0.15) is 0 Å². The second kappa shape index (κ2) is 3.53. The zero-order chi connectivity index (χ0) is 5.70. The number of rotatable bonds is 2. The predicted octanol–water partition coefficient (Wildman–Crippen LogP) is 1.99. The highest BCUT2D eigenvalue weighted by atomic mass is 15.1. The van der Waals surface area contributed by atoms with Gasteiger partial charge < -0.3 is 0 Å².